The summed E-state index contributed by atoms with van der Waals surface area (Å²) in [5.41, 5.74) is 0. The standard InChI is InChI=1S/2C6H13O9P/c2*7-3-2(1-14-16(11,12)13)15-6(10)5(9)4(3)8/h2*2-10H,1H2,(H2,11,12,13)/t2*2-,3-,4+,5-,6+/m11/s1. The average molecular weight is 520 g/mol. The van der Waals surface area contributed by atoms with Crippen molar-refractivity contribution in [3.63, 3.8) is 0 Å². The third-order valence-electron chi connectivity index (χ3n) is 4.19. The summed E-state index contributed by atoms with van der Waals surface area (Å²) in [6.07, 6.45) is -16.2. The van der Waals surface area contributed by atoms with Gasteiger partial charge in [0.2, 0.25) is 0 Å². The van der Waals surface area contributed by atoms with Crippen molar-refractivity contribution in [2.24, 2.45) is 0 Å². The summed E-state index contributed by atoms with van der Waals surface area (Å²) in [6.45, 7) is -1.46. The zero-order chi connectivity index (χ0) is 25.0. The largest absolute Gasteiger partial charge is 0.469 e. The summed E-state index contributed by atoms with van der Waals surface area (Å²) >= 11 is 0. The lowest BCUT2D eigenvalue weighted by Crippen LogP contribution is -2.58. The lowest BCUT2D eigenvalue weighted by atomic mass is 10.00. The molecule has 0 aliphatic carbocycles. The molecule has 0 aromatic rings. The van der Waals surface area contributed by atoms with Crippen LogP contribution >= 0.6 is 15.6 Å². The first-order valence-corrected chi connectivity index (χ1v) is 11.7. The van der Waals surface area contributed by atoms with E-state index in [-0.39, 0.29) is 0 Å². The molecular weight excluding hydrogens is 494 g/mol. The summed E-state index contributed by atoms with van der Waals surface area (Å²) in [5.74, 6) is 0. The first-order chi connectivity index (χ1) is 14.4. The van der Waals surface area contributed by atoms with Gasteiger partial charge in [-0.05, 0) is 0 Å². The van der Waals surface area contributed by atoms with Gasteiger partial charge in [-0.15, -0.1) is 0 Å². The van der Waals surface area contributed by atoms with Crippen LogP contribution in [0.1, 0.15) is 0 Å². The molecule has 2 aliphatic heterocycles. The normalized spacial score (nSPS) is 41.0. The van der Waals surface area contributed by atoms with Crippen molar-refractivity contribution >= 4 is 15.6 Å². The van der Waals surface area contributed by atoms with Gasteiger partial charge in [-0.25, -0.2) is 9.13 Å². The maximum atomic E-state index is 10.4. The van der Waals surface area contributed by atoms with Gasteiger partial charge in [0, 0.05) is 0 Å². The van der Waals surface area contributed by atoms with Gasteiger partial charge in [0.1, 0.15) is 48.8 Å². The lowest BCUT2D eigenvalue weighted by Gasteiger charge is -2.38. The number of phosphoric acid groups is 2. The highest BCUT2D eigenvalue weighted by Crippen LogP contribution is 2.37. The Hall–Kier alpha value is -0.180. The molecule has 12 N–H and O–H groups in total. The molecule has 2 heterocycles. The van der Waals surface area contributed by atoms with E-state index in [4.69, 9.17) is 40.0 Å². The molecule has 0 saturated carbocycles. The number of hydrogen-bond acceptors (Lipinski definition) is 14. The van der Waals surface area contributed by atoms with E-state index in [1.165, 1.54) is 0 Å². The van der Waals surface area contributed by atoms with Crippen LogP contribution in [0.2, 0.25) is 0 Å². The zero-order valence-corrected chi connectivity index (χ0v) is 17.7. The smallest absolute Gasteiger partial charge is 0.387 e. The van der Waals surface area contributed by atoms with Gasteiger partial charge in [-0.1, -0.05) is 0 Å². The first-order valence-electron chi connectivity index (χ1n) is 8.60. The van der Waals surface area contributed by atoms with Crippen molar-refractivity contribution in [1.82, 2.24) is 0 Å². The third kappa shape index (κ3) is 9.22. The maximum Gasteiger partial charge on any atom is 0.469 e. The number of hydrogen-bond donors (Lipinski definition) is 12. The lowest BCUT2D eigenvalue weighted by molar-refractivity contribution is -0.285. The van der Waals surface area contributed by atoms with Crippen LogP contribution in [0.4, 0.5) is 0 Å². The highest BCUT2D eigenvalue weighted by atomic mass is 31.2. The molecule has 0 amide bonds. The van der Waals surface area contributed by atoms with Crippen LogP contribution in [-0.4, -0.2) is 135 Å². The van der Waals surface area contributed by atoms with E-state index >= 15 is 0 Å². The van der Waals surface area contributed by atoms with E-state index in [9.17, 15) is 29.6 Å². The Balaban J connectivity index is 0.000000320. The Morgan fingerprint density at radius 2 is 0.812 bits per heavy atom. The molecule has 20 heteroatoms. The number of rotatable bonds is 6. The van der Waals surface area contributed by atoms with Gasteiger partial charge in [-0.3, -0.25) is 9.05 Å². The van der Waals surface area contributed by atoms with E-state index in [0.29, 0.717) is 0 Å². The highest BCUT2D eigenvalue weighted by molar-refractivity contribution is 7.46. The maximum absolute atomic E-state index is 10.4. The molecule has 0 aromatic carbocycles. The van der Waals surface area contributed by atoms with E-state index in [1.54, 1.807) is 0 Å². The Kier molecular flexibility index (Phi) is 11.2. The van der Waals surface area contributed by atoms with Gasteiger partial charge in [0.05, 0.1) is 13.2 Å². The zero-order valence-electron chi connectivity index (χ0n) is 15.9. The summed E-state index contributed by atoms with van der Waals surface area (Å²) in [6, 6.07) is 0. The molecule has 0 aromatic heterocycles. The van der Waals surface area contributed by atoms with E-state index in [1.807, 2.05) is 0 Å². The molecule has 0 bridgehead atoms. The molecule has 18 nitrogen and oxygen atoms in total. The minimum Gasteiger partial charge on any atom is -0.387 e. The molecular formula is C12H26O18P2. The molecule has 10 atom stereocenters. The van der Waals surface area contributed by atoms with Crippen molar-refractivity contribution in [2.75, 3.05) is 13.2 Å². The van der Waals surface area contributed by atoms with Crippen molar-refractivity contribution in [3.05, 3.63) is 0 Å². The van der Waals surface area contributed by atoms with Gasteiger partial charge in [-0.2, -0.15) is 0 Å². The fraction of sp³-hybridized carbons (Fsp3) is 1.00. The van der Waals surface area contributed by atoms with E-state index < -0.39 is 90.3 Å². The number of aliphatic hydroxyl groups is 8. The second-order valence-electron chi connectivity index (χ2n) is 6.65. The topological polar surface area (TPSA) is 314 Å². The van der Waals surface area contributed by atoms with Crippen LogP contribution in [0, 0.1) is 0 Å². The highest BCUT2D eigenvalue weighted by Gasteiger charge is 2.44. The predicted octanol–water partition coefficient (Wildman–Crippen LogP) is -6.21. The van der Waals surface area contributed by atoms with E-state index in [2.05, 4.69) is 18.5 Å². The summed E-state index contributed by atoms with van der Waals surface area (Å²) < 4.78 is 38.0. The SMILES string of the molecule is O=P(O)(O)OC[C@H]1O[C@H](O)[C@H](O)[C@@H](O)[C@@H]1O.O=P(O)(O)OC[C@H]1O[C@H](O)[C@H](O)[C@@H](O)[C@@H]1O. The van der Waals surface area contributed by atoms with Crippen LogP contribution in [-0.2, 0) is 27.7 Å². The van der Waals surface area contributed by atoms with E-state index in [0.717, 1.165) is 0 Å². The molecule has 0 radical (unpaired) electrons. The molecule has 192 valence electrons. The van der Waals surface area contributed by atoms with Crippen LogP contribution in [0.5, 0.6) is 0 Å². The second-order valence-corrected chi connectivity index (χ2v) is 9.13. The van der Waals surface area contributed by atoms with Gasteiger partial charge in [0.25, 0.3) is 0 Å². The Bertz CT molecular complexity index is 610. The summed E-state index contributed by atoms with van der Waals surface area (Å²) in [5, 5.41) is 73.5. The molecule has 2 rings (SSSR count). The first kappa shape index (κ1) is 29.9. The predicted molar refractivity (Wildman–Crippen MR) is 93.8 cm³/mol. The van der Waals surface area contributed by atoms with Crippen LogP contribution < -0.4 is 0 Å². The van der Waals surface area contributed by atoms with Crippen molar-refractivity contribution in [3.8, 4) is 0 Å². The minimum absolute atomic E-state index is 0.730. The molecule has 2 saturated heterocycles. The molecule has 0 unspecified atom stereocenters. The Morgan fingerprint density at radius 1 is 0.531 bits per heavy atom. The Morgan fingerprint density at radius 3 is 1.06 bits per heavy atom. The third-order valence-corrected chi connectivity index (χ3v) is 5.16. The fourth-order valence-electron chi connectivity index (χ4n) is 2.48. The Labute approximate surface area is 179 Å². The summed E-state index contributed by atoms with van der Waals surface area (Å²) in [4.78, 5) is 33.6. The number of aliphatic hydroxyl groups excluding tert-OH is 8. The second kappa shape index (κ2) is 12.0. The molecule has 0 spiro atoms. The van der Waals surface area contributed by atoms with Crippen LogP contribution in [0.25, 0.3) is 0 Å². The summed E-state index contributed by atoms with van der Waals surface area (Å²) in [7, 11) is -9.46. The number of ether oxygens (including phenoxy) is 2. The molecule has 2 aliphatic rings. The van der Waals surface area contributed by atoms with Gasteiger partial charge < -0.3 is 69.9 Å². The minimum atomic E-state index is -4.73. The fourth-order valence-corrected chi connectivity index (χ4v) is 3.16. The average Bonchev–Trinajstić information content (AvgIpc) is 2.67. The molecule has 32 heavy (non-hydrogen) atoms. The van der Waals surface area contributed by atoms with Crippen LogP contribution in [0.3, 0.4) is 0 Å². The number of phosphoric ester groups is 2. The quantitative estimate of drug-likeness (QED) is 0.145. The van der Waals surface area contributed by atoms with Crippen LogP contribution in [0.15, 0.2) is 0 Å². The van der Waals surface area contributed by atoms with Crippen molar-refractivity contribution in [1.29, 1.82) is 0 Å². The van der Waals surface area contributed by atoms with Gasteiger partial charge >= 0.3 is 15.6 Å². The van der Waals surface area contributed by atoms with Crippen molar-refractivity contribution in [2.45, 2.75) is 61.4 Å². The monoisotopic (exact) mass is 520 g/mol. The van der Waals surface area contributed by atoms with Crippen molar-refractivity contribution < 1.29 is 88.1 Å². The molecule has 2 fully saturated rings. The van der Waals surface area contributed by atoms with Gasteiger partial charge in [0.15, 0.2) is 12.6 Å².